The van der Waals surface area contributed by atoms with Crippen LogP contribution in [0.15, 0.2) is 88.7 Å². The molecule has 0 saturated carbocycles. The second-order valence-corrected chi connectivity index (χ2v) is 13.7. The molecule has 1 fully saturated rings. The van der Waals surface area contributed by atoms with E-state index in [2.05, 4.69) is 45.9 Å². The number of benzene rings is 4. The van der Waals surface area contributed by atoms with Crippen LogP contribution < -0.4 is 4.90 Å². The number of hydrogen-bond acceptors (Lipinski definition) is 7. The zero-order chi connectivity index (χ0) is 33.0. The number of halogens is 3. The van der Waals surface area contributed by atoms with Gasteiger partial charge in [0.15, 0.2) is 5.05 Å². The van der Waals surface area contributed by atoms with Crippen LogP contribution >= 0.6 is 24.0 Å². The van der Waals surface area contributed by atoms with E-state index in [0.717, 1.165) is 78.4 Å². The average molecular weight is 675 g/mol. The van der Waals surface area contributed by atoms with Crippen molar-refractivity contribution >= 4 is 51.2 Å². The first kappa shape index (κ1) is 33.3. The normalized spacial score (nSPS) is 15.9. The van der Waals surface area contributed by atoms with E-state index in [1.54, 1.807) is 6.07 Å². The molecule has 0 amide bonds. The molecular formula is C37H37F3N4OS2. The molecule has 5 nitrogen and oxygen atoms in total. The number of para-hydroxylation sites is 1. The molecule has 4 aromatic rings. The van der Waals surface area contributed by atoms with Crippen molar-refractivity contribution < 1.29 is 17.9 Å². The molecule has 2 heterocycles. The molecule has 0 spiro atoms. The average Bonchev–Trinajstić information content (AvgIpc) is 3.07. The summed E-state index contributed by atoms with van der Waals surface area (Å²) < 4.78 is 46.6. The van der Waals surface area contributed by atoms with Gasteiger partial charge in [0, 0.05) is 55.0 Å². The highest BCUT2D eigenvalue weighted by molar-refractivity contribution is 7.99. The van der Waals surface area contributed by atoms with Crippen LogP contribution in [0, 0.1) is 17.2 Å². The van der Waals surface area contributed by atoms with E-state index in [1.807, 2.05) is 42.5 Å². The van der Waals surface area contributed by atoms with E-state index in [9.17, 15) is 13.2 Å². The minimum Gasteiger partial charge on any atom is -0.485 e. The molecule has 0 bridgehead atoms. The number of thiocarbonyl (C=S) groups is 1. The quantitative estimate of drug-likeness (QED) is 0.156. The molecule has 47 heavy (non-hydrogen) atoms. The van der Waals surface area contributed by atoms with Gasteiger partial charge in [0.25, 0.3) is 0 Å². The molecule has 10 heteroatoms. The summed E-state index contributed by atoms with van der Waals surface area (Å²) in [5.41, 5.74) is 2.84. The van der Waals surface area contributed by atoms with Crippen LogP contribution in [0.2, 0.25) is 0 Å². The number of alkyl halides is 3. The summed E-state index contributed by atoms with van der Waals surface area (Å²) in [4.78, 5) is 8.81. The van der Waals surface area contributed by atoms with Gasteiger partial charge >= 0.3 is 6.18 Å². The van der Waals surface area contributed by atoms with E-state index < -0.39 is 11.7 Å². The van der Waals surface area contributed by atoms with Crippen molar-refractivity contribution in [1.82, 2.24) is 9.80 Å². The maximum atomic E-state index is 13.5. The van der Waals surface area contributed by atoms with Crippen LogP contribution in [0.25, 0.3) is 10.8 Å². The molecule has 0 aromatic heterocycles. The third-order valence-corrected chi connectivity index (χ3v) is 10.6. The highest BCUT2D eigenvalue weighted by Gasteiger charge is 2.33. The molecule has 0 N–H and O–H groups in total. The number of anilines is 2. The number of nitriles is 1. The second-order valence-electron chi connectivity index (χ2n) is 12.2. The summed E-state index contributed by atoms with van der Waals surface area (Å²) in [6.45, 7) is 8.78. The Labute approximate surface area is 283 Å². The van der Waals surface area contributed by atoms with Crippen molar-refractivity contribution in [2.45, 2.75) is 35.7 Å². The lowest BCUT2D eigenvalue weighted by atomic mass is 9.98. The monoisotopic (exact) mass is 674 g/mol. The predicted molar refractivity (Wildman–Crippen MR) is 187 cm³/mol. The Kier molecular flexibility index (Phi) is 10.4. The van der Waals surface area contributed by atoms with Crippen molar-refractivity contribution in [2.24, 2.45) is 5.92 Å². The smallest absolute Gasteiger partial charge is 0.416 e. The fourth-order valence-corrected chi connectivity index (χ4v) is 7.52. The van der Waals surface area contributed by atoms with Crippen molar-refractivity contribution in [3.8, 4) is 6.07 Å². The minimum atomic E-state index is -4.38. The lowest BCUT2D eigenvalue weighted by Gasteiger charge is -2.36. The highest BCUT2D eigenvalue weighted by Crippen LogP contribution is 2.49. The number of hydrogen-bond donors (Lipinski definition) is 0. The zero-order valence-corrected chi connectivity index (χ0v) is 27.9. The number of rotatable bonds is 10. The minimum absolute atomic E-state index is 0.107. The van der Waals surface area contributed by atoms with E-state index >= 15 is 0 Å². The number of ether oxygens (including phenoxy) is 1. The van der Waals surface area contributed by atoms with Gasteiger partial charge in [-0.3, -0.25) is 4.90 Å². The summed E-state index contributed by atoms with van der Waals surface area (Å²) >= 11 is 7.15. The van der Waals surface area contributed by atoms with Gasteiger partial charge < -0.3 is 14.5 Å². The number of fused-ring (bicyclic) bond motifs is 3. The Morgan fingerprint density at radius 1 is 0.872 bits per heavy atom. The SMILES string of the molecule is CC(Cc1ccc2cc(C#N)ccc2c1)C(=S)OCCN1CCN(CCCN2c3ccccc3Sc3ccc(C(F)(F)F)cc32)CC1. The third-order valence-electron chi connectivity index (χ3n) is 8.90. The van der Waals surface area contributed by atoms with E-state index in [-0.39, 0.29) is 5.92 Å². The number of piperazine rings is 1. The molecule has 2 aliphatic rings. The molecule has 4 aromatic carbocycles. The summed E-state index contributed by atoms with van der Waals surface area (Å²) in [6.07, 6.45) is -2.73. The molecule has 1 saturated heterocycles. The molecule has 0 radical (unpaired) electrons. The lowest BCUT2D eigenvalue weighted by molar-refractivity contribution is -0.137. The molecule has 1 atom stereocenters. The van der Waals surface area contributed by atoms with Gasteiger partial charge in [-0.2, -0.15) is 18.4 Å². The Morgan fingerprint density at radius 2 is 1.57 bits per heavy atom. The first-order valence-electron chi connectivity index (χ1n) is 16.0. The van der Waals surface area contributed by atoms with Gasteiger partial charge in [-0.1, -0.05) is 55.1 Å². The zero-order valence-electron chi connectivity index (χ0n) is 26.3. The fourth-order valence-electron chi connectivity index (χ4n) is 6.28. The Bertz CT molecular complexity index is 1780. The maximum absolute atomic E-state index is 13.5. The van der Waals surface area contributed by atoms with Crippen molar-refractivity contribution in [2.75, 3.05) is 57.3 Å². The molecule has 1 unspecified atom stereocenters. The summed E-state index contributed by atoms with van der Waals surface area (Å²) in [7, 11) is 0. The highest BCUT2D eigenvalue weighted by atomic mass is 32.2. The van der Waals surface area contributed by atoms with Crippen LogP contribution in [-0.4, -0.2) is 67.3 Å². The Hall–Kier alpha value is -3.62. The van der Waals surface area contributed by atoms with E-state index in [1.165, 1.54) is 29.5 Å². The van der Waals surface area contributed by atoms with Gasteiger partial charge in [0.05, 0.1) is 28.6 Å². The van der Waals surface area contributed by atoms with Crippen LogP contribution in [0.4, 0.5) is 24.5 Å². The van der Waals surface area contributed by atoms with Crippen molar-refractivity contribution in [3.05, 3.63) is 95.6 Å². The van der Waals surface area contributed by atoms with Crippen LogP contribution in [0.5, 0.6) is 0 Å². The standard InChI is InChI=1S/C37H37F3N4OS2/c1-26(21-27-7-9-30-23-28(25-41)8-10-29(30)22-27)36(46)45-20-19-43-17-15-42(16-18-43)13-4-14-44-32-5-2-3-6-34(32)47-35-12-11-31(24-33(35)44)37(38,39)40/h2-3,5-12,22-24,26H,4,13-21H2,1H3. The van der Waals surface area contributed by atoms with Crippen LogP contribution in [0.1, 0.15) is 30.0 Å². The van der Waals surface area contributed by atoms with Crippen molar-refractivity contribution in [1.29, 1.82) is 5.26 Å². The molecule has 244 valence electrons. The second kappa shape index (κ2) is 14.7. The maximum Gasteiger partial charge on any atom is 0.416 e. The van der Waals surface area contributed by atoms with E-state index in [4.69, 9.17) is 22.2 Å². The van der Waals surface area contributed by atoms with Gasteiger partial charge in [-0.25, -0.2) is 0 Å². The largest absolute Gasteiger partial charge is 0.485 e. The first-order chi connectivity index (χ1) is 22.7. The Morgan fingerprint density at radius 3 is 2.34 bits per heavy atom. The third kappa shape index (κ3) is 8.10. The van der Waals surface area contributed by atoms with Crippen LogP contribution in [-0.2, 0) is 17.3 Å². The van der Waals surface area contributed by atoms with Crippen LogP contribution in [0.3, 0.4) is 0 Å². The molecular weight excluding hydrogens is 638 g/mol. The summed E-state index contributed by atoms with van der Waals surface area (Å²) in [5, 5.41) is 11.9. The molecule has 6 rings (SSSR count). The summed E-state index contributed by atoms with van der Waals surface area (Å²) in [6, 6.07) is 26.2. The molecule has 0 aliphatic carbocycles. The molecule has 2 aliphatic heterocycles. The number of nitrogens with zero attached hydrogens (tertiary/aromatic N) is 4. The summed E-state index contributed by atoms with van der Waals surface area (Å²) in [5.74, 6) is 0.107. The predicted octanol–water partition coefficient (Wildman–Crippen LogP) is 8.56. The topological polar surface area (TPSA) is 42.7 Å². The van der Waals surface area contributed by atoms with E-state index in [0.29, 0.717) is 29.5 Å². The van der Waals surface area contributed by atoms with Gasteiger partial charge in [-0.15, -0.1) is 0 Å². The Balaban J connectivity index is 0.936. The van der Waals surface area contributed by atoms with Gasteiger partial charge in [-0.05, 0) is 90.4 Å². The fraction of sp³-hybridized carbons (Fsp3) is 0.351. The first-order valence-corrected chi connectivity index (χ1v) is 17.2. The van der Waals surface area contributed by atoms with Gasteiger partial charge in [0.1, 0.15) is 6.61 Å². The lowest BCUT2D eigenvalue weighted by Crippen LogP contribution is -2.47. The van der Waals surface area contributed by atoms with Gasteiger partial charge in [0.2, 0.25) is 0 Å². The van der Waals surface area contributed by atoms with Crippen molar-refractivity contribution in [3.63, 3.8) is 0 Å².